The molecule has 5 rings (SSSR count). The van der Waals surface area contributed by atoms with Crippen molar-refractivity contribution in [1.29, 1.82) is 0 Å². The summed E-state index contributed by atoms with van der Waals surface area (Å²) in [6.07, 6.45) is 4.42. The summed E-state index contributed by atoms with van der Waals surface area (Å²) < 4.78 is 16.5. The molecule has 4 aromatic rings. The molecule has 3 aromatic carbocycles. The van der Waals surface area contributed by atoms with E-state index in [4.69, 9.17) is 14.2 Å². The van der Waals surface area contributed by atoms with Crippen LogP contribution in [0.4, 0.5) is 0 Å². The fourth-order valence-corrected chi connectivity index (χ4v) is 5.16. The average Bonchev–Trinajstić information content (AvgIpc) is 3.50. The number of benzene rings is 3. The highest BCUT2D eigenvalue weighted by Gasteiger charge is 2.30. The van der Waals surface area contributed by atoms with Crippen LogP contribution in [0.2, 0.25) is 0 Å². The van der Waals surface area contributed by atoms with Crippen molar-refractivity contribution in [1.82, 2.24) is 15.2 Å². The predicted octanol–water partition coefficient (Wildman–Crippen LogP) is 4.64. The summed E-state index contributed by atoms with van der Waals surface area (Å²) >= 11 is 0. The zero-order valence-corrected chi connectivity index (χ0v) is 23.0. The second-order valence-corrected chi connectivity index (χ2v) is 9.89. The minimum absolute atomic E-state index is 0.0206. The summed E-state index contributed by atoms with van der Waals surface area (Å²) in [5.74, 6) is 1.58. The van der Waals surface area contributed by atoms with E-state index in [9.17, 15) is 9.59 Å². The van der Waals surface area contributed by atoms with Gasteiger partial charge in [0, 0.05) is 32.0 Å². The number of hydrogen-bond acceptors (Lipinski definition) is 6. The molecule has 1 aliphatic rings. The quantitative estimate of drug-likeness (QED) is 0.334. The van der Waals surface area contributed by atoms with Crippen LogP contribution in [0.3, 0.4) is 0 Å². The van der Waals surface area contributed by atoms with Gasteiger partial charge in [0.2, 0.25) is 17.6 Å². The molecule has 1 atom stereocenters. The second kappa shape index (κ2) is 12.1. The molecule has 0 radical (unpaired) electrons. The Balaban J connectivity index is 1.23. The van der Waals surface area contributed by atoms with Crippen molar-refractivity contribution < 1.29 is 23.8 Å². The maximum atomic E-state index is 13.1. The predicted molar refractivity (Wildman–Crippen MR) is 154 cm³/mol. The van der Waals surface area contributed by atoms with Gasteiger partial charge in [0.15, 0.2) is 11.5 Å². The van der Waals surface area contributed by atoms with Gasteiger partial charge in [0.1, 0.15) is 0 Å². The van der Waals surface area contributed by atoms with E-state index in [2.05, 4.69) is 28.5 Å². The molecule has 0 bridgehead atoms. The fraction of sp³-hybridized carbons (Fsp3) is 0.281. The van der Waals surface area contributed by atoms with Crippen molar-refractivity contribution in [2.24, 2.45) is 5.92 Å². The van der Waals surface area contributed by atoms with E-state index in [0.717, 1.165) is 33.0 Å². The Morgan fingerprint density at radius 3 is 2.35 bits per heavy atom. The van der Waals surface area contributed by atoms with E-state index in [1.165, 1.54) is 0 Å². The number of methoxy groups -OCH3 is 3. The molecule has 1 aliphatic heterocycles. The summed E-state index contributed by atoms with van der Waals surface area (Å²) in [7, 11) is 4.79. The molecule has 2 amide bonds. The Bertz CT molecular complexity index is 1500. The molecule has 1 aromatic heterocycles. The molecule has 1 unspecified atom stereocenters. The van der Waals surface area contributed by atoms with E-state index in [0.29, 0.717) is 49.7 Å². The first-order valence-corrected chi connectivity index (χ1v) is 13.3. The van der Waals surface area contributed by atoms with Gasteiger partial charge in [-0.25, -0.2) is 0 Å². The van der Waals surface area contributed by atoms with Crippen molar-refractivity contribution in [2.45, 2.75) is 19.4 Å². The first kappa shape index (κ1) is 27.0. The molecule has 1 saturated heterocycles. The number of rotatable bonds is 9. The van der Waals surface area contributed by atoms with Crippen molar-refractivity contribution >= 4 is 22.6 Å². The van der Waals surface area contributed by atoms with Crippen molar-refractivity contribution in [3.63, 3.8) is 0 Å². The molecular weight excluding hydrogens is 506 g/mol. The molecule has 2 heterocycles. The van der Waals surface area contributed by atoms with E-state index >= 15 is 0 Å². The van der Waals surface area contributed by atoms with Crippen LogP contribution >= 0.6 is 0 Å². The normalized spacial score (nSPS) is 14.7. The van der Waals surface area contributed by atoms with Crippen LogP contribution in [0.15, 0.2) is 73.1 Å². The largest absolute Gasteiger partial charge is 0.493 e. The maximum Gasteiger partial charge on any atom is 0.227 e. The zero-order valence-electron chi connectivity index (χ0n) is 23.0. The number of amides is 2. The van der Waals surface area contributed by atoms with Gasteiger partial charge in [-0.3, -0.25) is 14.6 Å². The molecular formula is C32H33N3O5. The number of carbonyl (C=O) groups excluding carboxylic acids is 2. The smallest absolute Gasteiger partial charge is 0.227 e. The number of carbonyl (C=O) groups is 2. The topological polar surface area (TPSA) is 90.0 Å². The number of ether oxygens (including phenoxy) is 3. The number of aromatic nitrogens is 1. The van der Waals surface area contributed by atoms with Gasteiger partial charge in [-0.15, -0.1) is 0 Å². The zero-order chi connectivity index (χ0) is 28.1. The molecule has 206 valence electrons. The van der Waals surface area contributed by atoms with Crippen molar-refractivity contribution in [3.05, 3.63) is 84.2 Å². The van der Waals surface area contributed by atoms with Gasteiger partial charge in [0.25, 0.3) is 0 Å². The van der Waals surface area contributed by atoms with Crippen LogP contribution in [0, 0.1) is 5.92 Å². The van der Waals surface area contributed by atoms with Crippen molar-refractivity contribution in [3.8, 4) is 28.4 Å². The van der Waals surface area contributed by atoms with Gasteiger partial charge < -0.3 is 24.4 Å². The Labute approximate surface area is 233 Å². The minimum Gasteiger partial charge on any atom is -0.493 e. The number of fused-ring (bicyclic) bond motifs is 1. The Morgan fingerprint density at radius 2 is 1.65 bits per heavy atom. The third-order valence-corrected chi connectivity index (χ3v) is 7.36. The molecule has 0 aliphatic carbocycles. The van der Waals surface area contributed by atoms with E-state index in [1.807, 2.05) is 42.5 Å². The van der Waals surface area contributed by atoms with Gasteiger partial charge in [0.05, 0.1) is 33.7 Å². The lowest BCUT2D eigenvalue weighted by Crippen LogP contribution is -2.35. The van der Waals surface area contributed by atoms with Crippen LogP contribution in [-0.4, -0.2) is 56.1 Å². The number of nitrogens with one attached hydrogen (secondary N) is 1. The van der Waals surface area contributed by atoms with Crippen LogP contribution in [0.25, 0.3) is 21.9 Å². The van der Waals surface area contributed by atoms with Crippen LogP contribution in [0.5, 0.6) is 17.2 Å². The summed E-state index contributed by atoms with van der Waals surface area (Å²) in [5, 5.41) is 5.08. The lowest BCUT2D eigenvalue weighted by molar-refractivity contribution is -0.130. The number of likely N-dealkylation sites (tertiary alicyclic amines) is 1. The number of hydrogen-bond donors (Lipinski definition) is 1. The number of pyridine rings is 1. The Kier molecular flexibility index (Phi) is 8.15. The van der Waals surface area contributed by atoms with Crippen LogP contribution in [0.1, 0.15) is 17.5 Å². The summed E-state index contributed by atoms with van der Waals surface area (Å²) in [4.78, 5) is 31.6. The highest BCUT2D eigenvalue weighted by Crippen LogP contribution is 2.41. The standard InChI is InChI=1S/C32H33N3O5/c1-38-28-16-27(17-29(39-2)31(28)40-3)25-9-8-23-13-21(6-7-24(23)15-25)14-30(36)35-12-10-26(20-35)32(37)34-19-22-5-4-11-33-18-22/h4-9,11,13,15-18,26H,10,12,14,19-20H2,1-3H3,(H,34,37). The highest BCUT2D eigenvalue weighted by atomic mass is 16.5. The van der Waals surface area contributed by atoms with E-state index in [1.54, 1.807) is 38.6 Å². The molecule has 1 fully saturated rings. The lowest BCUT2D eigenvalue weighted by atomic mass is 9.98. The fourth-order valence-electron chi connectivity index (χ4n) is 5.16. The van der Waals surface area contributed by atoms with Crippen molar-refractivity contribution in [2.75, 3.05) is 34.4 Å². The van der Waals surface area contributed by atoms with Crippen LogP contribution < -0.4 is 19.5 Å². The van der Waals surface area contributed by atoms with Gasteiger partial charge in [-0.1, -0.05) is 36.4 Å². The second-order valence-electron chi connectivity index (χ2n) is 9.89. The lowest BCUT2D eigenvalue weighted by Gasteiger charge is -2.17. The summed E-state index contributed by atoms with van der Waals surface area (Å²) in [6.45, 7) is 1.48. The van der Waals surface area contributed by atoms with Gasteiger partial charge in [-0.05, 0) is 63.7 Å². The first-order chi connectivity index (χ1) is 19.5. The Morgan fingerprint density at radius 1 is 0.900 bits per heavy atom. The molecule has 1 N–H and O–H groups in total. The summed E-state index contributed by atoms with van der Waals surface area (Å²) in [6, 6.07) is 19.9. The molecule has 0 spiro atoms. The third-order valence-electron chi connectivity index (χ3n) is 7.36. The van der Waals surface area contributed by atoms with Gasteiger partial charge in [-0.2, -0.15) is 0 Å². The molecule has 40 heavy (non-hydrogen) atoms. The third kappa shape index (κ3) is 5.86. The minimum atomic E-state index is -0.189. The monoisotopic (exact) mass is 539 g/mol. The molecule has 8 heteroatoms. The van der Waals surface area contributed by atoms with Gasteiger partial charge >= 0.3 is 0 Å². The van der Waals surface area contributed by atoms with E-state index in [-0.39, 0.29) is 17.7 Å². The Hall–Kier alpha value is -4.59. The number of nitrogens with zero attached hydrogens (tertiary/aromatic N) is 2. The highest BCUT2D eigenvalue weighted by molar-refractivity contribution is 5.90. The molecule has 8 nitrogen and oxygen atoms in total. The summed E-state index contributed by atoms with van der Waals surface area (Å²) in [5.41, 5.74) is 3.86. The first-order valence-electron chi connectivity index (χ1n) is 13.3. The van der Waals surface area contributed by atoms with E-state index < -0.39 is 0 Å². The maximum absolute atomic E-state index is 13.1. The van der Waals surface area contributed by atoms with Crippen LogP contribution in [-0.2, 0) is 22.6 Å². The average molecular weight is 540 g/mol. The molecule has 0 saturated carbocycles. The SMILES string of the molecule is COc1cc(-c2ccc3cc(CC(=O)N4CCC(C(=O)NCc5cccnc5)C4)ccc3c2)cc(OC)c1OC.